The van der Waals surface area contributed by atoms with Crippen molar-refractivity contribution < 1.29 is 23.1 Å². The highest BCUT2D eigenvalue weighted by atomic mass is 19.1. The Hall–Kier alpha value is -4.66. The standard InChI is InChI=1S/C25H18F2N4O3/c1-28-24(32)23-14-19(9-11-30-23)34-18-5-3-17(4-6-18)31-25(33)22-12-15(8-10-29-22)20-7-2-16(26)13-21(20)27/h2-14H,1H3,(H,28,32)(H,31,33). The molecule has 9 heteroatoms. The number of anilines is 1. The van der Waals surface area contributed by atoms with Crippen molar-refractivity contribution in [3.8, 4) is 22.6 Å². The van der Waals surface area contributed by atoms with Gasteiger partial charge >= 0.3 is 0 Å². The van der Waals surface area contributed by atoms with Gasteiger partial charge in [-0.25, -0.2) is 8.78 Å². The van der Waals surface area contributed by atoms with E-state index in [-0.39, 0.29) is 22.9 Å². The molecule has 2 N–H and O–H groups in total. The monoisotopic (exact) mass is 460 g/mol. The third-order valence-electron chi connectivity index (χ3n) is 4.77. The summed E-state index contributed by atoms with van der Waals surface area (Å²) in [5.74, 6) is -1.33. The summed E-state index contributed by atoms with van der Waals surface area (Å²) in [4.78, 5) is 32.4. The van der Waals surface area contributed by atoms with Crippen molar-refractivity contribution in [1.82, 2.24) is 15.3 Å². The van der Waals surface area contributed by atoms with E-state index in [1.807, 2.05) is 0 Å². The molecular formula is C25H18F2N4O3. The number of hydrogen-bond acceptors (Lipinski definition) is 5. The number of hydrogen-bond donors (Lipinski definition) is 2. The minimum Gasteiger partial charge on any atom is -0.457 e. The van der Waals surface area contributed by atoms with Crippen LogP contribution in [0, 0.1) is 11.6 Å². The lowest BCUT2D eigenvalue weighted by Crippen LogP contribution is -2.18. The van der Waals surface area contributed by atoms with Crippen LogP contribution in [0.15, 0.2) is 79.1 Å². The number of rotatable bonds is 6. The van der Waals surface area contributed by atoms with Crippen LogP contribution in [0.2, 0.25) is 0 Å². The molecule has 0 radical (unpaired) electrons. The molecule has 2 heterocycles. The van der Waals surface area contributed by atoms with E-state index in [0.29, 0.717) is 22.7 Å². The normalized spacial score (nSPS) is 10.4. The second kappa shape index (κ2) is 9.86. The molecule has 0 aliphatic heterocycles. The number of amides is 2. The van der Waals surface area contributed by atoms with Gasteiger partial charge in [0.05, 0.1) is 0 Å². The van der Waals surface area contributed by atoms with Gasteiger partial charge in [0, 0.05) is 42.8 Å². The summed E-state index contributed by atoms with van der Waals surface area (Å²) in [6.07, 6.45) is 2.85. The van der Waals surface area contributed by atoms with Gasteiger partial charge in [-0.15, -0.1) is 0 Å². The highest BCUT2D eigenvalue weighted by Crippen LogP contribution is 2.25. The number of nitrogens with zero attached hydrogens (tertiary/aromatic N) is 2. The van der Waals surface area contributed by atoms with Crippen molar-refractivity contribution in [3.05, 3.63) is 102 Å². The van der Waals surface area contributed by atoms with Crippen molar-refractivity contribution in [2.75, 3.05) is 12.4 Å². The molecule has 0 unspecified atom stereocenters. The van der Waals surface area contributed by atoms with E-state index in [9.17, 15) is 18.4 Å². The molecule has 0 saturated carbocycles. The molecule has 170 valence electrons. The summed E-state index contributed by atoms with van der Waals surface area (Å²) >= 11 is 0. The summed E-state index contributed by atoms with van der Waals surface area (Å²) in [5, 5.41) is 5.20. The summed E-state index contributed by atoms with van der Waals surface area (Å²) < 4.78 is 33.0. The zero-order valence-corrected chi connectivity index (χ0v) is 17.9. The quantitative estimate of drug-likeness (QED) is 0.430. The number of halogens is 2. The lowest BCUT2D eigenvalue weighted by atomic mass is 10.1. The molecule has 0 aliphatic carbocycles. The van der Waals surface area contributed by atoms with Crippen LogP contribution in [0.5, 0.6) is 11.5 Å². The zero-order valence-electron chi connectivity index (χ0n) is 17.9. The molecule has 2 amide bonds. The Balaban J connectivity index is 1.45. The zero-order chi connectivity index (χ0) is 24.1. The maximum absolute atomic E-state index is 14.1. The molecule has 2 aromatic heterocycles. The molecule has 4 aromatic rings. The molecule has 0 spiro atoms. The van der Waals surface area contributed by atoms with Gasteiger partial charge in [-0.2, -0.15) is 0 Å². The van der Waals surface area contributed by atoms with Gasteiger partial charge in [-0.05, 0) is 60.2 Å². The van der Waals surface area contributed by atoms with Crippen LogP contribution in [-0.2, 0) is 0 Å². The highest BCUT2D eigenvalue weighted by molar-refractivity contribution is 6.03. The van der Waals surface area contributed by atoms with Gasteiger partial charge in [0.2, 0.25) is 0 Å². The maximum Gasteiger partial charge on any atom is 0.274 e. The van der Waals surface area contributed by atoms with Gasteiger partial charge in [0.15, 0.2) is 0 Å². The van der Waals surface area contributed by atoms with Crippen molar-refractivity contribution in [2.45, 2.75) is 0 Å². The van der Waals surface area contributed by atoms with Gasteiger partial charge in [-0.3, -0.25) is 19.6 Å². The average Bonchev–Trinajstić information content (AvgIpc) is 2.85. The molecule has 34 heavy (non-hydrogen) atoms. The Labute approximate surface area is 193 Å². The predicted octanol–water partition coefficient (Wildman–Crippen LogP) is 4.83. The number of benzene rings is 2. The number of pyridine rings is 2. The first-order chi connectivity index (χ1) is 16.4. The molecule has 0 saturated heterocycles. The van der Waals surface area contributed by atoms with Crippen LogP contribution < -0.4 is 15.4 Å². The molecule has 7 nitrogen and oxygen atoms in total. The van der Waals surface area contributed by atoms with Gasteiger partial charge in [-0.1, -0.05) is 0 Å². The first-order valence-corrected chi connectivity index (χ1v) is 10.1. The van der Waals surface area contributed by atoms with Crippen LogP contribution in [-0.4, -0.2) is 28.8 Å². The lowest BCUT2D eigenvalue weighted by Gasteiger charge is -2.09. The Morgan fingerprint density at radius 1 is 0.794 bits per heavy atom. The SMILES string of the molecule is CNC(=O)c1cc(Oc2ccc(NC(=O)c3cc(-c4ccc(F)cc4F)ccn3)cc2)ccn1. The minimum absolute atomic E-state index is 0.0695. The predicted molar refractivity (Wildman–Crippen MR) is 122 cm³/mol. The Morgan fingerprint density at radius 2 is 1.50 bits per heavy atom. The third kappa shape index (κ3) is 5.21. The van der Waals surface area contributed by atoms with Crippen LogP contribution in [0.1, 0.15) is 21.0 Å². The van der Waals surface area contributed by atoms with Crippen LogP contribution in [0.3, 0.4) is 0 Å². The maximum atomic E-state index is 14.1. The number of carbonyl (C=O) groups is 2. The van der Waals surface area contributed by atoms with E-state index in [1.54, 1.807) is 30.3 Å². The topological polar surface area (TPSA) is 93.2 Å². The van der Waals surface area contributed by atoms with Gasteiger partial charge < -0.3 is 15.4 Å². The van der Waals surface area contributed by atoms with Crippen LogP contribution in [0.4, 0.5) is 14.5 Å². The lowest BCUT2D eigenvalue weighted by molar-refractivity contribution is 0.0957. The largest absolute Gasteiger partial charge is 0.457 e. The van der Waals surface area contributed by atoms with E-state index < -0.39 is 17.5 Å². The molecular weight excluding hydrogens is 442 g/mol. The van der Waals surface area contributed by atoms with Crippen molar-refractivity contribution in [2.24, 2.45) is 0 Å². The fourth-order valence-electron chi connectivity index (χ4n) is 3.11. The van der Waals surface area contributed by atoms with Crippen molar-refractivity contribution in [3.63, 3.8) is 0 Å². The molecule has 0 aliphatic rings. The second-order valence-corrected chi connectivity index (χ2v) is 7.09. The fourth-order valence-corrected chi connectivity index (χ4v) is 3.11. The van der Waals surface area contributed by atoms with Gasteiger partial charge in [0.25, 0.3) is 11.8 Å². The molecule has 2 aromatic carbocycles. The smallest absolute Gasteiger partial charge is 0.274 e. The Kier molecular flexibility index (Phi) is 6.54. The van der Waals surface area contributed by atoms with Gasteiger partial charge in [0.1, 0.15) is 34.5 Å². The van der Waals surface area contributed by atoms with E-state index in [4.69, 9.17) is 4.74 Å². The van der Waals surface area contributed by atoms with Crippen LogP contribution in [0.25, 0.3) is 11.1 Å². The van der Waals surface area contributed by atoms with Crippen molar-refractivity contribution >= 4 is 17.5 Å². The molecule has 0 bridgehead atoms. The second-order valence-electron chi connectivity index (χ2n) is 7.09. The summed E-state index contributed by atoms with van der Waals surface area (Å²) in [6, 6.07) is 15.9. The summed E-state index contributed by atoms with van der Waals surface area (Å²) in [6.45, 7) is 0. The first-order valence-electron chi connectivity index (χ1n) is 10.1. The molecule has 4 rings (SSSR count). The first kappa shape index (κ1) is 22.5. The third-order valence-corrected chi connectivity index (χ3v) is 4.77. The van der Waals surface area contributed by atoms with E-state index in [0.717, 1.165) is 12.1 Å². The summed E-state index contributed by atoms with van der Waals surface area (Å²) in [5.41, 5.74) is 1.34. The fraction of sp³-hybridized carbons (Fsp3) is 0.0400. The number of aromatic nitrogens is 2. The average molecular weight is 460 g/mol. The minimum atomic E-state index is -0.732. The van der Waals surface area contributed by atoms with Crippen molar-refractivity contribution in [1.29, 1.82) is 0 Å². The van der Waals surface area contributed by atoms with E-state index in [1.165, 1.54) is 43.7 Å². The van der Waals surface area contributed by atoms with E-state index in [2.05, 4.69) is 20.6 Å². The highest BCUT2D eigenvalue weighted by Gasteiger charge is 2.12. The molecule has 0 fully saturated rings. The number of ether oxygens (including phenoxy) is 1. The number of nitrogens with one attached hydrogen (secondary N) is 2. The number of carbonyl (C=O) groups excluding carboxylic acids is 2. The molecule has 0 atom stereocenters. The van der Waals surface area contributed by atoms with E-state index >= 15 is 0 Å². The summed E-state index contributed by atoms with van der Waals surface area (Å²) in [7, 11) is 1.51. The Morgan fingerprint density at radius 3 is 2.21 bits per heavy atom. The Bertz CT molecular complexity index is 1360. The van der Waals surface area contributed by atoms with Crippen LogP contribution >= 0.6 is 0 Å².